The second-order valence-electron chi connectivity index (χ2n) is 9.17. The molecule has 1 N–H and O–H groups in total. The first-order chi connectivity index (χ1) is 19.9. The molecule has 41 heavy (non-hydrogen) atoms. The van der Waals surface area contributed by atoms with Gasteiger partial charge in [-0.2, -0.15) is 0 Å². The first kappa shape index (κ1) is 27.6. The van der Waals surface area contributed by atoms with E-state index < -0.39 is 46.5 Å². The zero-order chi connectivity index (χ0) is 28.9. The number of amides is 2. The molecule has 0 aromatic heterocycles. The fourth-order valence-electron chi connectivity index (χ4n) is 4.55. The molecule has 2 amide bonds. The van der Waals surface area contributed by atoms with E-state index >= 15 is 0 Å². The number of carbonyl (C=O) groups is 4. The van der Waals surface area contributed by atoms with Crippen molar-refractivity contribution in [2.45, 2.75) is 30.2 Å². The lowest BCUT2D eigenvalue weighted by atomic mass is 9.98. The normalized spacial score (nSPS) is 19.3. The van der Waals surface area contributed by atoms with Gasteiger partial charge in [-0.05, 0) is 34.2 Å². The number of nitrogens with zero attached hydrogens (tertiary/aromatic N) is 2. The van der Waals surface area contributed by atoms with Crippen molar-refractivity contribution >= 4 is 41.7 Å². The van der Waals surface area contributed by atoms with Crippen LogP contribution in [0.5, 0.6) is 0 Å². The van der Waals surface area contributed by atoms with Crippen LogP contribution in [0.4, 0.5) is 10.5 Å². The monoisotopic (exact) mass is 573 g/mol. The van der Waals surface area contributed by atoms with Crippen LogP contribution in [0.25, 0.3) is 0 Å². The van der Waals surface area contributed by atoms with Gasteiger partial charge in [-0.25, -0.2) is 9.59 Å². The van der Waals surface area contributed by atoms with Crippen molar-refractivity contribution in [3.8, 4) is 0 Å². The van der Waals surface area contributed by atoms with Gasteiger partial charge in [0.2, 0.25) is 5.91 Å². The summed E-state index contributed by atoms with van der Waals surface area (Å²) in [5.74, 6) is -1.35. The minimum absolute atomic E-state index is 0.0728. The van der Waals surface area contributed by atoms with Gasteiger partial charge in [-0.3, -0.25) is 19.7 Å². The highest BCUT2D eigenvalue weighted by molar-refractivity contribution is 8.03. The maximum absolute atomic E-state index is 13.5. The Morgan fingerprint density at radius 1 is 1.00 bits per heavy atom. The number of benzene rings is 3. The number of β-lactam (4-membered cyclic amide) rings is 1. The number of fused-ring (bicyclic) bond motifs is 1. The first-order valence-corrected chi connectivity index (χ1v) is 13.4. The fourth-order valence-corrected chi connectivity index (χ4v) is 5.73. The largest absolute Gasteiger partial charge is 0.451 e. The molecule has 3 atom stereocenters. The van der Waals surface area contributed by atoms with E-state index in [0.29, 0.717) is 11.8 Å². The van der Waals surface area contributed by atoms with E-state index in [9.17, 15) is 29.3 Å². The van der Waals surface area contributed by atoms with E-state index in [-0.39, 0.29) is 17.9 Å². The summed E-state index contributed by atoms with van der Waals surface area (Å²) in [5.41, 5.74) is 1.93. The molecule has 3 aromatic rings. The third-order valence-corrected chi connectivity index (χ3v) is 7.79. The molecule has 2 aliphatic rings. The topological polar surface area (TPSA) is 145 Å². The molecule has 0 bridgehead atoms. The van der Waals surface area contributed by atoms with Crippen molar-refractivity contribution in [2.75, 3.05) is 0 Å². The second-order valence-corrected chi connectivity index (χ2v) is 10.2. The van der Waals surface area contributed by atoms with Crippen LogP contribution in [-0.2, 0) is 30.5 Å². The highest BCUT2D eigenvalue weighted by Gasteiger charge is 2.56. The van der Waals surface area contributed by atoms with Crippen LogP contribution >= 0.6 is 11.8 Å². The molecule has 2 unspecified atom stereocenters. The smallest absolute Gasteiger partial charge is 0.408 e. The van der Waals surface area contributed by atoms with Crippen LogP contribution < -0.4 is 5.32 Å². The van der Waals surface area contributed by atoms with E-state index in [4.69, 9.17) is 9.47 Å². The van der Waals surface area contributed by atoms with E-state index in [2.05, 4.69) is 5.32 Å². The summed E-state index contributed by atoms with van der Waals surface area (Å²) in [6.07, 6.45) is -1.13. The number of nitrogens with one attached hydrogen (secondary N) is 1. The number of hydrogen-bond acceptors (Lipinski definition) is 9. The summed E-state index contributed by atoms with van der Waals surface area (Å²) >= 11 is 1.12. The average molecular weight is 574 g/mol. The van der Waals surface area contributed by atoms with Crippen LogP contribution in [0.1, 0.15) is 22.8 Å². The van der Waals surface area contributed by atoms with Crippen LogP contribution in [0.15, 0.2) is 95.9 Å². The number of esters is 1. The number of rotatable bonds is 9. The lowest BCUT2D eigenvalue weighted by molar-refractivity contribution is -0.384. The van der Waals surface area contributed by atoms with E-state index in [1.165, 1.54) is 34.6 Å². The van der Waals surface area contributed by atoms with Gasteiger partial charge >= 0.3 is 12.1 Å². The van der Waals surface area contributed by atoms with Gasteiger partial charge in [0, 0.05) is 17.7 Å². The van der Waals surface area contributed by atoms with Gasteiger partial charge in [0.05, 0.1) is 4.92 Å². The van der Waals surface area contributed by atoms with Crippen LogP contribution in [0.3, 0.4) is 0 Å². The van der Waals surface area contributed by atoms with Crippen molar-refractivity contribution in [3.63, 3.8) is 0 Å². The molecule has 2 heterocycles. The number of hydrogen-bond donors (Lipinski definition) is 1. The predicted octanol–water partition coefficient (Wildman–Crippen LogP) is 3.89. The summed E-state index contributed by atoms with van der Waals surface area (Å²) in [7, 11) is 0. The van der Waals surface area contributed by atoms with Crippen LogP contribution in [0.2, 0.25) is 0 Å². The van der Waals surface area contributed by atoms with Gasteiger partial charge in [0.1, 0.15) is 24.3 Å². The lowest BCUT2D eigenvalue weighted by Gasteiger charge is -2.51. The Kier molecular flexibility index (Phi) is 8.11. The maximum atomic E-state index is 13.5. The molecule has 208 valence electrons. The number of non-ortho nitro benzene ring substituents is 1. The highest BCUT2D eigenvalue weighted by Crippen LogP contribution is 2.40. The number of carbonyl (C=O) groups excluding carboxylic acids is 4. The number of thioether (sulfide) groups is 1. The number of aldehydes is 1. The van der Waals surface area contributed by atoms with Gasteiger partial charge < -0.3 is 19.7 Å². The van der Waals surface area contributed by atoms with E-state index in [1.54, 1.807) is 0 Å². The molecule has 0 saturated carbocycles. The minimum atomic E-state index is -1.28. The van der Waals surface area contributed by atoms with Crippen molar-refractivity contribution in [2.24, 2.45) is 0 Å². The van der Waals surface area contributed by atoms with Crippen LogP contribution in [-0.4, -0.2) is 51.5 Å². The second kappa shape index (κ2) is 12.0. The number of ether oxygens (including phenoxy) is 2. The van der Waals surface area contributed by atoms with Gasteiger partial charge in [-0.1, -0.05) is 60.7 Å². The summed E-state index contributed by atoms with van der Waals surface area (Å²) < 4.78 is 11.1. The van der Waals surface area contributed by atoms with Gasteiger partial charge in [0.25, 0.3) is 5.69 Å². The Morgan fingerprint density at radius 3 is 2.17 bits per heavy atom. The number of nitro benzene ring substituents is 1. The maximum Gasteiger partial charge on any atom is 0.408 e. The lowest BCUT2D eigenvalue weighted by Crippen LogP contribution is -2.74. The standard InChI is InChI=1S/C29H23N3O8S/c33-15-21-17-41-27-23(30-29(36)39-16-18-11-13-22(14-12-18)32(37)38)26(34)31(27)24(21)28(35)40-25(19-7-3-1-4-8-19)20-9-5-2-6-10-20/h1-15,17,23-25,27H,16H2,(H,30,36)/t23?,24?,27-/m0/s1. The summed E-state index contributed by atoms with van der Waals surface area (Å²) in [6.45, 7) is -0.170. The quantitative estimate of drug-likeness (QED) is 0.132. The molecule has 0 aliphatic carbocycles. The van der Waals surface area contributed by atoms with E-state index in [0.717, 1.165) is 22.9 Å². The van der Waals surface area contributed by atoms with Crippen molar-refractivity contribution in [1.82, 2.24) is 10.2 Å². The van der Waals surface area contributed by atoms with Gasteiger partial charge in [-0.15, -0.1) is 11.8 Å². The SMILES string of the molecule is O=CC1=CS[C@H]2C(NC(=O)OCc3ccc([N+](=O)[O-])cc3)C(=O)N2C1C(=O)OC(c1ccccc1)c1ccccc1. The average Bonchev–Trinajstić information content (AvgIpc) is 3.01. The van der Waals surface area contributed by atoms with E-state index in [1.807, 2.05) is 60.7 Å². The number of alkyl carbamates (subject to hydrolysis) is 1. The first-order valence-electron chi connectivity index (χ1n) is 12.5. The summed E-state index contributed by atoms with van der Waals surface area (Å²) in [4.78, 5) is 62.4. The molecular formula is C29H23N3O8S. The molecule has 0 spiro atoms. The molecular weight excluding hydrogens is 550 g/mol. The number of nitro groups is 1. The Bertz CT molecular complexity index is 1460. The zero-order valence-corrected chi connectivity index (χ0v) is 22.1. The molecule has 0 radical (unpaired) electrons. The summed E-state index contributed by atoms with van der Waals surface area (Å²) in [6, 6.07) is 21.4. The Hall–Kier alpha value is -4.97. The predicted molar refractivity (Wildman–Crippen MR) is 147 cm³/mol. The van der Waals surface area contributed by atoms with Crippen LogP contribution in [0, 0.1) is 10.1 Å². The molecule has 2 aliphatic heterocycles. The Labute approximate surface area is 238 Å². The molecule has 3 aromatic carbocycles. The Balaban J connectivity index is 1.27. The highest BCUT2D eigenvalue weighted by atomic mass is 32.2. The Morgan fingerprint density at radius 2 is 1.61 bits per heavy atom. The van der Waals surface area contributed by atoms with Crippen molar-refractivity contribution in [1.29, 1.82) is 0 Å². The zero-order valence-electron chi connectivity index (χ0n) is 21.3. The van der Waals surface area contributed by atoms with Gasteiger partial charge in [0.15, 0.2) is 12.1 Å². The minimum Gasteiger partial charge on any atom is -0.451 e. The fraction of sp³-hybridized carbons (Fsp3) is 0.172. The van der Waals surface area contributed by atoms with Crippen molar-refractivity contribution < 1.29 is 33.6 Å². The molecule has 11 nitrogen and oxygen atoms in total. The van der Waals surface area contributed by atoms with Crippen molar-refractivity contribution in [3.05, 3.63) is 123 Å². The third kappa shape index (κ3) is 5.82. The third-order valence-electron chi connectivity index (χ3n) is 6.61. The summed E-state index contributed by atoms with van der Waals surface area (Å²) in [5, 5.41) is 14.1. The molecule has 12 heteroatoms. The molecule has 1 fully saturated rings. The molecule has 5 rings (SSSR count). The molecule has 1 saturated heterocycles.